The number of anilines is 1. The minimum Gasteiger partial charge on any atom is -0.373 e. The van der Waals surface area contributed by atoms with Gasteiger partial charge in [-0.15, -0.1) is 0 Å². The highest BCUT2D eigenvalue weighted by atomic mass is 32.1. The molecule has 0 aliphatic heterocycles. The molecule has 0 amide bonds. The third kappa shape index (κ3) is 2.22. The molecule has 0 spiro atoms. The molecule has 0 saturated heterocycles. The van der Waals surface area contributed by atoms with E-state index in [0.29, 0.717) is 6.04 Å². The van der Waals surface area contributed by atoms with Crippen molar-refractivity contribution in [3.63, 3.8) is 0 Å². The van der Waals surface area contributed by atoms with E-state index >= 15 is 0 Å². The Bertz CT molecular complexity index is 294. The minimum atomic E-state index is 0.0426. The quantitative estimate of drug-likeness (QED) is 0.814. The maximum absolute atomic E-state index is 5.27. The molecule has 1 aromatic heterocycles. The molecule has 14 heavy (non-hydrogen) atoms. The van der Waals surface area contributed by atoms with Crippen LogP contribution >= 0.6 is 11.5 Å². The zero-order chi connectivity index (χ0) is 9.97. The molecule has 78 valence electrons. The Morgan fingerprint density at radius 2 is 2.43 bits per heavy atom. The summed E-state index contributed by atoms with van der Waals surface area (Å²) < 4.78 is 9.56. The van der Waals surface area contributed by atoms with Crippen LogP contribution in [0.1, 0.15) is 38.1 Å². The molecule has 1 fully saturated rings. The zero-order valence-electron chi connectivity index (χ0n) is 8.49. The zero-order valence-corrected chi connectivity index (χ0v) is 9.30. The molecule has 1 saturated carbocycles. The van der Waals surface area contributed by atoms with Crippen molar-refractivity contribution in [1.82, 2.24) is 9.36 Å². The second-order valence-electron chi connectivity index (χ2n) is 3.51. The highest BCUT2D eigenvalue weighted by molar-refractivity contribution is 7.09. The van der Waals surface area contributed by atoms with E-state index in [-0.39, 0.29) is 6.10 Å². The highest BCUT2D eigenvalue weighted by Crippen LogP contribution is 2.27. The Kier molecular flexibility index (Phi) is 2.98. The van der Waals surface area contributed by atoms with E-state index in [2.05, 4.69) is 21.6 Å². The molecule has 1 N–H and O–H groups in total. The van der Waals surface area contributed by atoms with E-state index < -0.39 is 0 Å². The van der Waals surface area contributed by atoms with Gasteiger partial charge in [-0.25, -0.2) is 4.98 Å². The molecule has 1 atom stereocenters. The first-order valence-electron chi connectivity index (χ1n) is 4.96. The molecule has 1 unspecified atom stereocenters. The average molecular weight is 213 g/mol. The summed E-state index contributed by atoms with van der Waals surface area (Å²) in [5, 5.41) is 4.26. The summed E-state index contributed by atoms with van der Waals surface area (Å²) in [5.41, 5.74) is 0. The molecule has 2 rings (SSSR count). The molecule has 1 aromatic rings. The monoisotopic (exact) mass is 213 g/mol. The summed E-state index contributed by atoms with van der Waals surface area (Å²) in [4.78, 5) is 4.40. The lowest BCUT2D eigenvalue weighted by Crippen LogP contribution is -2.03. The summed E-state index contributed by atoms with van der Waals surface area (Å²) in [6.07, 6.45) is 3.48. The molecule has 1 aliphatic rings. The lowest BCUT2D eigenvalue weighted by atomic mass is 10.3. The lowest BCUT2D eigenvalue weighted by molar-refractivity contribution is 0.0937. The third-order valence-corrected chi connectivity index (χ3v) is 2.95. The van der Waals surface area contributed by atoms with Gasteiger partial charge < -0.3 is 10.1 Å². The van der Waals surface area contributed by atoms with Gasteiger partial charge in [-0.3, -0.25) is 0 Å². The number of nitrogens with zero attached hydrogens (tertiary/aromatic N) is 2. The maximum Gasteiger partial charge on any atom is 0.202 e. The number of nitrogens with one attached hydrogen (secondary N) is 1. The van der Waals surface area contributed by atoms with Gasteiger partial charge in [0.2, 0.25) is 5.13 Å². The third-order valence-electron chi connectivity index (χ3n) is 2.29. The normalized spacial score (nSPS) is 18.1. The fourth-order valence-electron chi connectivity index (χ4n) is 1.28. The highest BCUT2D eigenvalue weighted by Gasteiger charge is 2.23. The van der Waals surface area contributed by atoms with Crippen molar-refractivity contribution in [2.24, 2.45) is 0 Å². The van der Waals surface area contributed by atoms with Gasteiger partial charge in [-0.1, -0.05) is 6.92 Å². The van der Waals surface area contributed by atoms with Crippen LogP contribution < -0.4 is 5.32 Å². The van der Waals surface area contributed by atoms with Crippen molar-refractivity contribution in [3.05, 3.63) is 5.82 Å². The first kappa shape index (κ1) is 9.86. The van der Waals surface area contributed by atoms with Gasteiger partial charge in [0, 0.05) is 24.7 Å². The molecule has 1 heterocycles. The first-order valence-corrected chi connectivity index (χ1v) is 5.73. The molecule has 4 nitrogen and oxygen atoms in total. The van der Waals surface area contributed by atoms with Crippen LogP contribution in [0.15, 0.2) is 0 Å². The SMILES string of the molecule is CCC(OC)c1nsc(NC2CC2)n1. The average Bonchev–Trinajstić information content (AvgIpc) is 2.88. The number of hydrogen-bond donors (Lipinski definition) is 1. The van der Waals surface area contributed by atoms with Crippen molar-refractivity contribution in [2.75, 3.05) is 12.4 Å². The van der Waals surface area contributed by atoms with Crippen LogP contribution in [0.2, 0.25) is 0 Å². The minimum absolute atomic E-state index is 0.0426. The number of rotatable bonds is 5. The lowest BCUT2D eigenvalue weighted by Gasteiger charge is -2.07. The Hall–Kier alpha value is -0.680. The number of methoxy groups -OCH3 is 1. The van der Waals surface area contributed by atoms with E-state index in [9.17, 15) is 0 Å². The molecular weight excluding hydrogens is 198 g/mol. The summed E-state index contributed by atoms with van der Waals surface area (Å²) in [6.45, 7) is 2.07. The summed E-state index contributed by atoms with van der Waals surface area (Å²) >= 11 is 1.42. The Balaban J connectivity index is 1.99. The standard InChI is InChI=1S/C9H15N3OS/c1-3-7(13-2)8-11-9(14-12-8)10-6-4-5-6/h6-7H,3-5H2,1-2H3,(H,10,11,12). The van der Waals surface area contributed by atoms with E-state index in [4.69, 9.17) is 4.74 Å². The summed E-state index contributed by atoms with van der Waals surface area (Å²) in [7, 11) is 1.70. The van der Waals surface area contributed by atoms with Crippen molar-refractivity contribution in [3.8, 4) is 0 Å². The molecule has 0 bridgehead atoms. The number of ether oxygens (including phenoxy) is 1. The van der Waals surface area contributed by atoms with Crippen LogP contribution in [0.5, 0.6) is 0 Å². The van der Waals surface area contributed by atoms with Gasteiger partial charge in [0.05, 0.1) is 0 Å². The van der Waals surface area contributed by atoms with Crippen molar-refractivity contribution in [2.45, 2.75) is 38.3 Å². The Morgan fingerprint density at radius 1 is 1.64 bits per heavy atom. The van der Waals surface area contributed by atoms with Crippen molar-refractivity contribution < 1.29 is 4.74 Å². The maximum atomic E-state index is 5.27. The van der Waals surface area contributed by atoms with E-state index in [0.717, 1.165) is 17.4 Å². The van der Waals surface area contributed by atoms with Crippen LogP contribution in [0.4, 0.5) is 5.13 Å². The molecule has 0 radical (unpaired) electrons. The van der Waals surface area contributed by atoms with Gasteiger partial charge in [0.25, 0.3) is 0 Å². The Labute approximate surface area is 87.9 Å². The van der Waals surface area contributed by atoms with Crippen LogP contribution in [0.3, 0.4) is 0 Å². The predicted molar refractivity (Wildman–Crippen MR) is 56.6 cm³/mol. The second-order valence-corrected chi connectivity index (χ2v) is 4.26. The smallest absolute Gasteiger partial charge is 0.202 e. The van der Waals surface area contributed by atoms with Gasteiger partial charge in [-0.05, 0) is 19.3 Å². The van der Waals surface area contributed by atoms with Crippen LogP contribution in [0.25, 0.3) is 0 Å². The second kappa shape index (κ2) is 4.23. The molecule has 0 aromatic carbocycles. The molecular formula is C9H15N3OS. The van der Waals surface area contributed by atoms with Crippen LogP contribution in [0, 0.1) is 0 Å². The largest absolute Gasteiger partial charge is 0.373 e. The fourth-order valence-corrected chi connectivity index (χ4v) is 1.97. The van der Waals surface area contributed by atoms with Crippen molar-refractivity contribution >= 4 is 16.7 Å². The predicted octanol–water partition coefficient (Wildman–Crippen LogP) is 2.21. The van der Waals surface area contributed by atoms with Crippen molar-refractivity contribution in [1.29, 1.82) is 0 Å². The van der Waals surface area contributed by atoms with Gasteiger partial charge >= 0.3 is 0 Å². The topological polar surface area (TPSA) is 47.0 Å². The van der Waals surface area contributed by atoms with E-state index in [1.54, 1.807) is 7.11 Å². The van der Waals surface area contributed by atoms with E-state index in [1.807, 2.05) is 0 Å². The van der Waals surface area contributed by atoms with Gasteiger partial charge in [0.1, 0.15) is 6.10 Å². The van der Waals surface area contributed by atoms with Gasteiger partial charge in [-0.2, -0.15) is 4.37 Å². The number of aromatic nitrogens is 2. The molecule has 5 heteroatoms. The Morgan fingerprint density at radius 3 is 3.00 bits per heavy atom. The van der Waals surface area contributed by atoms with Crippen LogP contribution in [-0.2, 0) is 4.74 Å². The summed E-state index contributed by atoms with van der Waals surface area (Å²) in [6, 6.07) is 0.637. The van der Waals surface area contributed by atoms with Crippen LogP contribution in [-0.4, -0.2) is 22.5 Å². The molecule has 1 aliphatic carbocycles. The van der Waals surface area contributed by atoms with Gasteiger partial charge in [0.15, 0.2) is 5.82 Å². The van der Waals surface area contributed by atoms with E-state index in [1.165, 1.54) is 24.4 Å². The summed E-state index contributed by atoms with van der Waals surface area (Å²) in [5.74, 6) is 0.808. The number of hydrogen-bond acceptors (Lipinski definition) is 5. The fraction of sp³-hybridized carbons (Fsp3) is 0.778. The first-order chi connectivity index (χ1) is 6.83.